The number of rotatable bonds is 10. The molecule has 0 aliphatic rings. The van der Waals surface area contributed by atoms with Crippen LogP contribution in [0.4, 0.5) is 0 Å². The normalized spacial score (nSPS) is 11.7. The number of hydrogen-bond donors (Lipinski definition) is 2. The van der Waals surface area contributed by atoms with E-state index in [0.29, 0.717) is 6.54 Å². The molecule has 0 saturated carbocycles. The third-order valence-electron chi connectivity index (χ3n) is 3.66. The molecule has 0 unspecified atom stereocenters. The third-order valence-corrected chi connectivity index (χ3v) is 3.66. The van der Waals surface area contributed by atoms with Gasteiger partial charge in [-0.1, -0.05) is 12.1 Å². The number of guanidine groups is 1. The van der Waals surface area contributed by atoms with Gasteiger partial charge in [0, 0.05) is 38.9 Å². The first-order valence-electron chi connectivity index (χ1n) is 8.43. The van der Waals surface area contributed by atoms with Crippen LogP contribution in [0.25, 0.3) is 0 Å². The number of ether oxygens (including phenoxy) is 2. The van der Waals surface area contributed by atoms with E-state index in [2.05, 4.69) is 53.6 Å². The van der Waals surface area contributed by atoms with Gasteiger partial charge in [0.25, 0.3) is 0 Å². The predicted octanol–water partition coefficient (Wildman–Crippen LogP) is 1.64. The Labute approximate surface area is 146 Å². The monoisotopic (exact) mass is 336 g/mol. The van der Waals surface area contributed by atoms with Gasteiger partial charge in [-0.05, 0) is 32.5 Å². The Balaban J connectivity index is 2.56. The van der Waals surface area contributed by atoms with Crippen LogP contribution in [0.2, 0.25) is 0 Å². The average Bonchev–Trinajstić information content (AvgIpc) is 2.58. The highest BCUT2D eigenvalue weighted by molar-refractivity contribution is 5.79. The summed E-state index contributed by atoms with van der Waals surface area (Å²) in [5.74, 6) is 1.70. The number of nitrogens with one attached hydrogen (secondary N) is 2. The van der Waals surface area contributed by atoms with Gasteiger partial charge in [0.2, 0.25) is 0 Å². The van der Waals surface area contributed by atoms with E-state index in [1.807, 2.05) is 6.07 Å². The van der Waals surface area contributed by atoms with E-state index in [-0.39, 0.29) is 0 Å². The largest absolute Gasteiger partial charge is 0.496 e. The first kappa shape index (κ1) is 20.3. The number of aryl methyl sites for hydroxylation is 1. The van der Waals surface area contributed by atoms with E-state index < -0.39 is 0 Å². The molecule has 1 rings (SSSR count). The molecule has 0 bridgehead atoms. The molecule has 0 spiro atoms. The molecule has 2 N–H and O–H groups in total. The number of likely N-dealkylation sites (N-methyl/N-ethyl adjacent to an activating group) is 1. The standard InChI is InChI=1S/C18H32N4O2/c1-6-19-18(20-9-10-22(3)11-12-23-4)21-14-16-8-7-15(2)13-17(16)24-5/h7-8,13H,6,9-12,14H2,1-5H3,(H2,19,20,21). The van der Waals surface area contributed by atoms with Crippen molar-refractivity contribution in [1.29, 1.82) is 0 Å². The van der Waals surface area contributed by atoms with Crippen LogP contribution < -0.4 is 15.4 Å². The van der Waals surface area contributed by atoms with Crippen molar-refractivity contribution < 1.29 is 9.47 Å². The van der Waals surface area contributed by atoms with Crippen LogP contribution in [0.5, 0.6) is 5.75 Å². The quantitative estimate of drug-likeness (QED) is 0.502. The fourth-order valence-corrected chi connectivity index (χ4v) is 2.21. The van der Waals surface area contributed by atoms with Crippen molar-refractivity contribution in [3.8, 4) is 5.75 Å². The van der Waals surface area contributed by atoms with E-state index in [9.17, 15) is 0 Å². The van der Waals surface area contributed by atoms with E-state index in [1.165, 1.54) is 5.56 Å². The van der Waals surface area contributed by atoms with Gasteiger partial charge >= 0.3 is 0 Å². The lowest BCUT2D eigenvalue weighted by Crippen LogP contribution is -2.41. The topological polar surface area (TPSA) is 58.1 Å². The lowest BCUT2D eigenvalue weighted by atomic mass is 10.1. The second kappa shape index (κ2) is 11.7. The SMILES string of the molecule is CCNC(=NCc1ccc(C)cc1OC)NCCN(C)CCOC. The Kier molecular flexibility index (Phi) is 9.88. The summed E-state index contributed by atoms with van der Waals surface area (Å²) in [6.45, 7) is 8.97. The number of benzene rings is 1. The minimum atomic E-state index is 0.582. The van der Waals surface area contributed by atoms with Gasteiger partial charge in [-0.3, -0.25) is 0 Å². The zero-order valence-corrected chi connectivity index (χ0v) is 15.7. The van der Waals surface area contributed by atoms with Gasteiger partial charge < -0.3 is 25.0 Å². The van der Waals surface area contributed by atoms with Crippen molar-refractivity contribution in [2.45, 2.75) is 20.4 Å². The van der Waals surface area contributed by atoms with Crippen LogP contribution in [-0.2, 0) is 11.3 Å². The molecule has 0 heterocycles. The van der Waals surface area contributed by atoms with Gasteiger partial charge in [-0.2, -0.15) is 0 Å². The zero-order valence-electron chi connectivity index (χ0n) is 15.7. The van der Waals surface area contributed by atoms with Crippen LogP contribution in [0.15, 0.2) is 23.2 Å². The lowest BCUT2D eigenvalue weighted by molar-refractivity contribution is 0.162. The molecule has 0 atom stereocenters. The zero-order chi connectivity index (χ0) is 17.8. The summed E-state index contributed by atoms with van der Waals surface area (Å²) in [5, 5.41) is 6.64. The maximum absolute atomic E-state index is 5.44. The Morgan fingerprint density at radius 3 is 2.67 bits per heavy atom. The van der Waals surface area contributed by atoms with Crippen LogP contribution in [0, 0.1) is 6.92 Å². The van der Waals surface area contributed by atoms with Gasteiger partial charge in [0.15, 0.2) is 5.96 Å². The van der Waals surface area contributed by atoms with Gasteiger partial charge in [0.05, 0.1) is 20.3 Å². The van der Waals surface area contributed by atoms with E-state index >= 15 is 0 Å². The van der Waals surface area contributed by atoms with E-state index in [0.717, 1.165) is 50.1 Å². The average molecular weight is 336 g/mol. The van der Waals surface area contributed by atoms with Crippen molar-refractivity contribution in [3.05, 3.63) is 29.3 Å². The molecule has 1 aromatic rings. The Hall–Kier alpha value is -1.79. The minimum Gasteiger partial charge on any atom is -0.496 e. The molecule has 6 nitrogen and oxygen atoms in total. The smallest absolute Gasteiger partial charge is 0.191 e. The van der Waals surface area contributed by atoms with Crippen molar-refractivity contribution in [2.24, 2.45) is 4.99 Å². The molecule has 0 radical (unpaired) electrons. The molecule has 6 heteroatoms. The summed E-state index contributed by atoms with van der Waals surface area (Å²) in [5.41, 5.74) is 2.27. The first-order valence-corrected chi connectivity index (χ1v) is 8.43. The van der Waals surface area contributed by atoms with Gasteiger partial charge in [-0.25, -0.2) is 4.99 Å². The van der Waals surface area contributed by atoms with Crippen molar-refractivity contribution in [3.63, 3.8) is 0 Å². The molecule has 0 saturated heterocycles. The summed E-state index contributed by atoms with van der Waals surface area (Å²) in [4.78, 5) is 6.88. The Morgan fingerprint density at radius 2 is 2.00 bits per heavy atom. The molecule has 24 heavy (non-hydrogen) atoms. The highest BCUT2D eigenvalue weighted by atomic mass is 16.5. The summed E-state index contributed by atoms with van der Waals surface area (Å²) in [6, 6.07) is 6.19. The van der Waals surface area contributed by atoms with Gasteiger partial charge in [0.1, 0.15) is 5.75 Å². The van der Waals surface area contributed by atoms with Crippen molar-refractivity contribution >= 4 is 5.96 Å². The number of methoxy groups -OCH3 is 2. The molecule has 0 aromatic heterocycles. The molecule has 0 aliphatic heterocycles. The Bertz CT molecular complexity index is 506. The summed E-state index contributed by atoms with van der Waals surface area (Å²) >= 11 is 0. The second-order valence-corrected chi connectivity index (χ2v) is 5.73. The summed E-state index contributed by atoms with van der Waals surface area (Å²) < 4.78 is 10.5. The van der Waals surface area contributed by atoms with E-state index in [4.69, 9.17) is 9.47 Å². The van der Waals surface area contributed by atoms with Crippen molar-refractivity contribution in [1.82, 2.24) is 15.5 Å². The van der Waals surface area contributed by atoms with E-state index in [1.54, 1.807) is 14.2 Å². The van der Waals surface area contributed by atoms with Crippen LogP contribution in [-0.4, -0.2) is 64.9 Å². The number of nitrogens with zero attached hydrogens (tertiary/aromatic N) is 2. The van der Waals surface area contributed by atoms with Crippen LogP contribution >= 0.6 is 0 Å². The highest BCUT2D eigenvalue weighted by Crippen LogP contribution is 2.20. The number of hydrogen-bond acceptors (Lipinski definition) is 4. The fraction of sp³-hybridized carbons (Fsp3) is 0.611. The minimum absolute atomic E-state index is 0.582. The third kappa shape index (κ3) is 7.66. The molecular weight excluding hydrogens is 304 g/mol. The van der Waals surface area contributed by atoms with Crippen LogP contribution in [0.1, 0.15) is 18.1 Å². The predicted molar refractivity (Wildman–Crippen MR) is 99.9 cm³/mol. The first-order chi connectivity index (χ1) is 11.6. The highest BCUT2D eigenvalue weighted by Gasteiger charge is 2.04. The number of aliphatic imine (C=N–C) groups is 1. The fourth-order valence-electron chi connectivity index (χ4n) is 2.21. The Morgan fingerprint density at radius 1 is 1.21 bits per heavy atom. The lowest BCUT2D eigenvalue weighted by Gasteiger charge is -2.18. The maximum Gasteiger partial charge on any atom is 0.191 e. The second-order valence-electron chi connectivity index (χ2n) is 5.73. The molecule has 0 fully saturated rings. The summed E-state index contributed by atoms with van der Waals surface area (Å²) in [6.07, 6.45) is 0. The molecular formula is C18H32N4O2. The molecule has 0 amide bonds. The van der Waals surface area contributed by atoms with Crippen LogP contribution in [0.3, 0.4) is 0 Å². The molecule has 1 aromatic carbocycles. The summed E-state index contributed by atoms with van der Waals surface area (Å²) in [7, 11) is 5.50. The van der Waals surface area contributed by atoms with Gasteiger partial charge in [-0.15, -0.1) is 0 Å². The van der Waals surface area contributed by atoms with Crippen molar-refractivity contribution in [2.75, 3.05) is 54.1 Å². The molecule has 0 aliphatic carbocycles. The molecule has 136 valence electrons. The maximum atomic E-state index is 5.44.